The Labute approximate surface area is 96.8 Å². The van der Waals surface area contributed by atoms with Gasteiger partial charge in [0.15, 0.2) is 0 Å². The third kappa shape index (κ3) is 4.07. The molecule has 0 aromatic heterocycles. The van der Waals surface area contributed by atoms with Crippen LogP contribution in [0, 0.1) is 5.41 Å². The molecule has 0 saturated heterocycles. The van der Waals surface area contributed by atoms with E-state index >= 15 is 0 Å². The SMILES string of the molecule is CC(C)N(C)S(=O)(=O)NCC(C)(C)C(=O)O. The summed E-state index contributed by atoms with van der Waals surface area (Å²) in [5, 5.41) is 8.84. The van der Waals surface area contributed by atoms with E-state index in [2.05, 4.69) is 4.72 Å². The van der Waals surface area contributed by atoms with Crippen molar-refractivity contribution in [2.24, 2.45) is 5.41 Å². The summed E-state index contributed by atoms with van der Waals surface area (Å²) in [7, 11) is -2.16. The first-order chi connectivity index (χ1) is 7.00. The number of aliphatic carboxylic acids is 1. The maximum atomic E-state index is 11.7. The van der Waals surface area contributed by atoms with Crippen LogP contribution in [0.15, 0.2) is 0 Å². The van der Waals surface area contributed by atoms with E-state index < -0.39 is 21.6 Å². The van der Waals surface area contributed by atoms with Crippen LogP contribution in [-0.4, -0.2) is 43.4 Å². The molecule has 0 spiro atoms. The summed E-state index contributed by atoms with van der Waals surface area (Å²) in [6.45, 7) is 6.27. The molecule has 0 rings (SSSR count). The zero-order valence-electron chi connectivity index (χ0n) is 10.3. The number of carboxylic acid groups (broad SMARTS) is 1. The Kier molecular flexibility index (Phi) is 4.90. The Hall–Kier alpha value is -0.660. The van der Waals surface area contributed by atoms with Crippen LogP contribution in [0.3, 0.4) is 0 Å². The highest BCUT2D eigenvalue weighted by atomic mass is 32.2. The summed E-state index contributed by atoms with van der Waals surface area (Å²) in [6.07, 6.45) is 0. The van der Waals surface area contributed by atoms with Gasteiger partial charge in [0.2, 0.25) is 0 Å². The molecule has 0 heterocycles. The summed E-state index contributed by atoms with van der Waals surface area (Å²) < 4.78 is 26.8. The van der Waals surface area contributed by atoms with Crippen molar-refractivity contribution in [2.75, 3.05) is 13.6 Å². The Bertz CT molecular complexity index is 349. The zero-order valence-corrected chi connectivity index (χ0v) is 11.1. The van der Waals surface area contributed by atoms with E-state index in [0.29, 0.717) is 0 Å². The van der Waals surface area contributed by atoms with E-state index in [0.717, 1.165) is 4.31 Å². The number of nitrogens with zero attached hydrogens (tertiary/aromatic N) is 1. The van der Waals surface area contributed by atoms with Gasteiger partial charge < -0.3 is 5.11 Å². The van der Waals surface area contributed by atoms with E-state index in [4.69, 9.17) is 5.11 Å². The second-order valence-electron chi connectivity index (χ2n) is 4.63. The largest absolute Gasteiger partial charge is 0.481 e. The van der Waals surface area contributed by atoms with Crippen LogP contribution in [-0.2, 0) is 15.0 Å². The Morgan fingerprint density at radius 3 is 2.19 bits per heavy atom. The summed E-state index contributed by atoms with van der Waals surface area (Å²) in [5.74, 6) is -1.04. The standard InChI is InChI=1S/C9H20N2O4S/c1-7(2)11(5)16(14,15)10-6-9(3,4)8(12)13/h7,10H,6H2,1-5H3,(H,12,13). The molecule has 0 unspecified atom stereocenters. The van der Waals surface area contributed by atoms with Gasteiger partial charge in [0.25, 0.3) is 10.2 Å². The second-order valence-corrected chi connectivity index (χ2v) is 6.44. The Balaban J connectivity index is 4.59. The van der Waals surface area contributed by atoms with Crippen LogP contribution < -0.4 is 4.72 Å². The molecule has 0 fully saturated rings. The smallest absolute Gasteiger partial charge is 0.310 e. The van der Waals surface area contributed by atoms with Gasteiger partial charge in [0.05, 0.1) is 5.41 Å². The number of carboxylic acids is 1. The minimum atomic E-state index is -3.61. The van der Waals surface area contributed by atoms with Gasteiger partial charge in [-0.2, -0.15) is 12.7 Å². The molecular formula is C9H20N2O4S. The molecule has 0 aliphatic heterocycles. The van der Waals surface area contributed by atoms with Gasteiger partial charge in [-0.1, -0.05) is 0 Å². The van der Waals surface area contributed by atoms with Gasteiger partial charge in [0.1, 0.15) is 0 Å². The van der Waals surface area contributed by atoms with E-state index in [9.17, 15) is 13.2 Å². The van der Waals surface area contributed by atoms with Gasteiger partial charge in [-0.15, -0.1) is 0 Å². The zero-order chi connectivity index (χ0) is 13.1. The van der Waals surface area contributed by atoms with Gasteiger partial charge in [-0.05, 0) is 27.7 Å². The Morgan fingerprint density at radius 1 is 1.44 bits per heavy atom. The van der Waals surface area contributed by atoms with Gasteiger partial charge in [-0.25, -0.2) is 4.72 Å². The van der Waals surface area contributed by atoms with E-state index in [1.54, 1.807) is 13.8 Å². The fourth-order valence-electron chi connectivity index (χ4n) is 0.727. The molecule has 2 N–H and O–H groups in total. The van der Waals surface area contributed by atoms with Crippen molar-refractivity contribution in [3.63, 3.8) is 0 Å². The number of carbonyl (C=O) groups is 1. The van der Waals surface area contributed by atoms with Crippen LogP contribution in [0.25, 0.3) is 0 Å². The number of rotatable bonds is 6. The summed E-state index contributed by atoms with van der Waals surface area (Å²) >= 11 is 0. The number of hydrogen-bond acceptors (Lipinski definition) is 3. The number of nitrogens with one attached hydrogen (secondary N) is 1. The van der Waals surface area contributed by atoms with E-state index in [1.165, 1.54) is 20.9 Å². The molecule has 0 aromatic rings. The first kappa shape index (κ1) is 15.3. The van der Waals surface area contributed by atoms with Gasteiger partial charge >= 0.3 is 5.97 Å². The molecular weight excluding hydrogens is 232 g/mol. The van der Waals surface area contributed by atoms with E-state index in [-0.39, 0.29) is 12.6 Å². The molecule has 0 aliphatic carbocycles. The fourth-order valence-corrected chi connectivity index (χ4v) is 2.03. The molecule has 6 nitrogen and oxygen atoms in total. The maximum absolute atomic E-state index is 11.7. The van der Waals surface area contributed by atoms with Gasteiger partial charge in [-0.3, -0.25) is 4.79 Å². The van der Waals surface area contributed by atoms with Crippen molar-refractivity contribution in [3.05, 3.63) is 0 Å². The van der Waals surface area contributed by atoms with Crippen LogP contribution in [0.2, 0.25) is 0 Å². The monoisotopic (exact) mass is 252 g/mol. The van der Waals surface area contributed by atoms with Gasteiger partial charge in [0, 0.05) is 19.6 Å². The van der Waals surface area contributed by atoms with Crippen LogP contribution in [0.4, 0.5) is 0 Å². The average molecular weight is 252 g/mol. The summed E-state index contributed by atoms with van der Waals surface area (Å²) in [5.41, 5.74) is -1.12. The quantitative estimate of drug-likeness (QED) is 0.710. The van der Waals surface area contributed by atoms with Crippen molar-refractivity contribution in [3.8, 4) is 0 Å². The average Bonchev–Trinajstić information content (AvgIpc) is 2.13. The number of hydrogen-bond donors (Lipinski definition) is 2. The Morgan fingerprint density at radius 2 is 1.88 bits per heavy atom. The molecule has 0 atom stereocenters. The molecule has 0 radical (unpaired) electrons. The predicted molar refractivity (Wildman–Crippen MR) is 61.2 cm³/mol. The van der Waals surface area contributed by atoms with Crippen molar-refractivity contribution >= 4 is 16.2 Å². The van der Waals surface area contributed by atoms with Crippen LogP contribution in [0.5, 0.6) is 0 Å². The van der Waals surface area contributed by atoms with Crippen molar-refractivity contribution < 1.29 is 18.3 Å². The third-order valence-electron chi connectivity index (χ3n) is 2.38. The molecule has 0 aliphatic rings. The van der Waals surface area contributed by atoms with Crippen molar-refractivity contribution in [1.82, 2.24) is 9.03 Å². The van der Waals surface area contributed by atoms with Crippen molar-refractivity contribution in [1.29, 1.82) is 0 Å². The lowest BCUT2D eigenvalue weighted by Gasteiger charge is -2.24. The lowest BCUT2D eigenvalue weighted by atomic mass is 9.95. The van der Waals surface area contributed by atoms with Crippen LogP contribution >= 0.6 is 0 Å². The minimum Gasteiger partial charge on any atom is -0.481 e. The highest BCUT2D eigenvalue weighted by Gasteiger charge is 2.30. The first-order valence-electron chi connectivity index (χ1n) is 4.96. The molecule has 0 bridgehead atoms. The summed E-state index contributed by atoms with van der Waals surface area (Å²) in [4.78, 5) is 10.8. The lowest BCUT2D eigenvalue weighted by Crippen LogP contribution is -2.46. The topological polar surface area (TPSA) is 86.7 Å². The molecule has 0 saturated carbocycles. The third-order valence-corrected chi connectivity index (χ3v) is 4.07. The maximum Gasteiger partial charge on any atom is 0.310 e. The second kappa shape index (κ2) is 5.11. The normalized spacial score (nSPS) is 13.4. The lowest BCUT2D eigenvalue weighted by molar-refractivity contribution is -0.146. The van der Waals surface area contributed by atoms with E-state index in [1.807, 2.05) is 0 Å². The molecule has 96 valence electrons. The molecule has 16 heavy (non-hydrogen) atoms. The van der Waals surface area contributed by atoms with Crippen LogP contribution in [0.1, 0.15) is 27.7 Å². The highest BCUT2D eigenvalue weighted by Crippen LogP contribution is 2.14. The predicted octanol–water partition coefficient (Wildman–Crippen LogP) is 0.272. The minimum absolute atomic E-state index is 0.137. The first-order valence-corrected chi connectivity index (χ1v) is 6.41. The summed E-state index contributed by atoms with van der Waals surface area (Å²) in [6, 6.07) is -0.176. The fraction of sp³-hybridized carbons (Fsp3) is 0.889. The molecule has 0 aromatic carbocycles. The molecule has 7 heteroatoms. The highest BCUT2D eigenvalue weighted by molar-refractivity contribution is 7.87. The van der Waals surface area contributed by atoms with Crippen molar-refractivity contribution in [2.45, 2.75) is 33.7 Å². The molecule has 0 amide bonds.